The van der Waals surface area contributed by atoms with Crippen molar-refractivity contribution in [3.8, 4) is 0 Å². The summed E-state index contributed by atoms with van der Waals surface area (Å²) in [5.41, 5.74) is 2.87. The number of nitrogens with one attached hydrogen (secondary N) is 2. The zero-order chi connectivity index (χ0) is 18.3. The number of hydrogen-bond donors (Lipinski definition) is 2. The maximum Gasteiger partial charge on any atom is 0.0623 e. The van der Waals surface area contributed by atoms with E-state index in [1.54, 1.807) is 0 Å². The van der Waals surface area contributed by atoms with E-state index in [2.05, 4.69) is 39.8 Å². The van der Waals surface area contributed by atoms with Gasteiger partial charge in [0.05, 0.1) is 13.2 Å². The minimum absolute atomic E-state index is 0. The highest BCUT2D eigenvalue weighted by atomic mass is 35.5. The van der Waals surface area contributed by atoms with Gasteiger partial charge in [-0.1, -0.05) is 43.5 Å². The smallest absolute Gasteiger partial charge is 0.0623 e. The van der Waals surface area contributed by atoms with E-state index >= 15 is 0 Å². The van der Waals surface area contributed by atoms with Crippen LogP contribution in [0.2, 0.25) is 0 Å². The Morgan fingerprint density at radius 3 is 2.43 bits per heavy atom. The van der Waals surface area contributed by atoms with Crippen molar-refractivity contribution in [2.75, 3.05) is 32.8 Å². The normalized spacial score (nSPS) is 29.2. The molecule has 1 saturated carbocycles. The van der Waals surface area contributed by atoms with Crippen LogP contribution in [0.1, 0.15) is 56.1 Å². The third-order valence-corrected chi connectivity index (χ3v) is 6.73. The van der Waals surface area contributed by atoms with E-state index in [4.69, 9.17) is 4.74 Å². The van der Waals surface area contributed by atoms with Crippen molar-refractivity contribution in [3.63, 3.8) is 0 Å². The van der Waals surface area contributed by atoms with Crippen LogP contribution in [-0.4, -0.2) is 49.8 Å². The van der Waals surface area contributed by atoms with E-state index < -0.39 is 0 Å². The maximum atomic E-state index is 5.69. The highest BCUT2D eigenvalue weighted by Crippen LogP contribution is 2.29. The van der Waals surface area contributed by atoms with Gasteiger partial charge in [0.25, 0.3) is 0 Å². The van der Waals surface area contributed by atoms with Crippen LogP contribution in [0.25, 0.3) is 0 Å². The Kier molecular flexibility index (Phi) is 9.06. The zero-order valence-corrected chi connectivity index (χ0v) is 18.0. The summed E-state index contributed by atoms with van der Waals surface area (Å²) in [4.78, 5) is 2.63. The molecule has 5 heteroatoms. The number of rotatable bonds is 6. The lowest BCUT2D eigenvalue weighted by molar-refractivity contribution is 0.0524. The van der Waals surface area contributed by atoms with E-state index in [1.807, 2.05) is 0 Å². The summed E-state index contributed by atoms with van der Waals surface area (Å²) in [5.74, 6) is 0.715. The Labute approximate surface area is 177 Å². The molecular formula is C23H38ClN3O. The molecule has 2 heterocycles. The molecule has 3 fully saturated rings. The second-order valence-corrected chi connectivity index (χ2v) is 8.72. The molecule has 2 aliphatic heterocycles. The lowest BCUT2D eigenvalue weighted by Crippen LogP contribution is -2.50. The standard InChI is InChI=1S/C23H37N3O.ClH/c1-2-4-14-26(13-3-1)17-20-10-8-19(9-11-20)16-25-22-7-5-6-21(22)23-18-27-15-12-24-23;/h8-11,21-25H,1-7,12-18H2;1H. The summed E-state index contributed by atoms with van der Waals surface area (Å²) >= 11 is 0. The quantitative estimate of drug-likeness (QED) is 0.753. The average molecular weight is 408 g/mol. The Hall–Kier alpha value is -0.650. The number of halogens is 1. The van der Waals surface area contributed by atoms with Crippen molar-refractivity contribution in [2.24, 2.45) is 5.92 Å². The predicted molar refractivity (Wildman–Crippen MR) is 118 cm³/mol. The number of hydrogen-bond acceptors (Lipinski definition) is 4. The summed E-state index contributed by atoms with van der Waals surface area (Å²) in [5, 5.41) is 7.52. The maximum absolute atomic E-state index is 5.69. The molecule has 0 aromatic heterocycles. The molecule has 28 heavy (non-hydrogen) atoms. The van der Waals surface area contributed by atoms with Gasteiger partial charge in [-0.05, 0) is 55.8 Å². The number of morpholine rings is 1. The van der Waals surface area contributed by atoms with Crippen LogP contribution < -0.4 is 10.6 Å². The van der Waals surface area contributed by atoms with Gasteiger partial charge in [0.2, 0.25) is 0 Å². The summed E-state index contributed by atoms with van der Waals surface area (Å²) in [6.45, 7) is 7.40. The van der Waals surface area contributed by atoms with Gasteiger partial charge in [-0.3, -0.25) is 4.90 Å². The Bertz CT molecular complexity index is 553. The topological polar surface area (TPSA) is 36.5 Å². The molecule has 3 unspecified atom stereocenters. The highest BCUT2D eigenvalue weighted by molar-refractivity contribution is 5.85. The van der Waals surface area contributed by atoms with Crippen LogP contribution in [0, 0.1) is 5.92 Å². The fourth-order valence-corrected chi connectivity index (χ4v) is 5.15. The van der Waals surface area contributed by atoms with Gasteiger partial charge in [0.15, 0.2) is 0 Å². The second kappa shape index (κ2) is 11.5. The molecule has 4 nitrogen and oxygen atoms in total. The van der Waals surface area contributed by atoms with Gasteiger partial charge in [-0.15, -0.1) is 12.4 Å². The third-order valence-electron chi connectivity index (χ3n) is 6.73. The van der Waals surface area contributed by atoms with E-state index in [9.17, 15) is 0 Å². The SMILES string of the molecule is Cl.c1cc(CN2CCCCCC2)ccc1CNC1CCCC1C1COCCN1. The van der Waals surface area contributed by atoms with Crippen LogP contribution >= 0.6 is 12.4 Å². The Morgan fingerprint density at radius 2 is 1.71 bits per heavy atom. The van der Waals surface area contributed by atoms with Gasteiger partial charge in [0.1, 0.15) is 0 Å². The summed E-state index contributed by atoms with van der Waals surface area (Å²) in [7, 11) is 0. The first-order chi connectivity index (χ1) is 13.4. The molecule has 1 aliphatic carbocycles. The van der Waals surface area contributed by atoms with Gasteiger partial charge in [0, 0.05) is 31.7 Å². The fourth-order valence-electron chi connectivity index (χ4n) is 5.15. The fraction of sp³-hybridized carbons (Fsp3) is 0.739. The molecule has 2 N–H and O–H groups in total. The summed E-state index contributed by atoms with van der Waals surface area (Å²) in [6, 6.07) is 10.5. The van der Waals surface area contributed by atoms with E-state index in [-0.39, 0.29) is 12.4 Å². The van der Waals surface area contributed by atoms with Gasteiger partial charge >= 0.3 is 0 Å². The van der Waals surface area contributed by atoms with Crippen molar-refractivity contribution >= 4 is 12.4 Å². The molecule has 1 aromatic rings. The first-order valence-corrected chi connectivity index (χ1v) is 11.2. The molecule has 0 radical (unpaired) electrons. The molecule has 0 bridgehead atoms. The van der Waals surface area contributed by atoms with Crippen LogP contribution in [0.15, 0.2) is 24.3 Å². The first kappa shape index (κ1) is 22.0. The minimum atomic E-state index is 0. The molecule has 3 atom stereocenters. The molecule has 0 amide bonds. The number of nitrogens with zero attached hydrogens (tertiary/aromatic N) is 1. The monoisotopic (exact) mass is 407 g/mol. The Morgan fingerprint density at radius 1 is 0.964 bits per heavy atom. The molecule has 1 aromatic carbocycles. The van der Waals surface area contributed by atoms with E-state index in [0.29, 0.717) is 18.0 Å². The lowest BCUT2D eigenvalue weighted by atomic mass is 9.94. The van der Waals surface area contributed by atoms with Crippen molar-refractivity contribution in [1.82, 2.24) is 15.5 Å². The highest BCUT2D eigenvalue weighted by Gasteiger charge is 2.34. The van der Waals surface area contributed by atoms with Crippen LogP contribution in [-0.2, 0) is 17.8 Å². The summed E-state index contributed by atoms with van der Waals surface area (Å²) < 4.78 is 5.69. The molecule has 2 saturated heterocycles. The van der Waals surface area contributed by atoms with Crippen LogP contribution in [0.5, 0.6) is 0 Å². The number of likely N-dealkylation sites (tertiary alicyclic amines) is 1. The lowest BCUT2D eigenvalue weighted by Gasteiger charge is -2.33. The molecule has 3 aliphatic rings. The summed E-state index contributed by atoms with van der Waals surface area (Å²) in [6.07, 6.45) is 9.52. The van der Waals surface area contributed by atoms with Crippen LogP contribution in [0.4, 0.5) is 0 Å². The van der Waals surface area contributed by atoms with Crippen LogP contribution in [0.3, 0.4) is 0 Å². The second-order valence-electron chi connectivity index (χ2n) is 8.72. The molecule has 4 rings (SSSR count). The molecular weight excluding hydrogens is 370 g/mol. The van der Waals surface area contributed by atoms with Crippen molar-refractivity contribution in [1.29, 1.82) is 0 Å². The minimum Gasteiger partial charge on any atom is -0.379 e. The number of ether oxygens (including phenoxy) is 1. The van der Waals surface area contributed by atoms with Gasteiger partial charge < -0.3 is 15.4 Å². The van der Waals surface area contributed by atoms with Gasteiger partial charge in [-0.2, -0.15) is 0 Å². The first-order valence-electron chi connectivity index (χ1n) is 11.2. The predicted octanol–water partition coefficient (Wildman–Crippen LogP) is 3.73. The van der Waals surface area contributed by atoms with Gasteiger partial charge in [-0.25, -0.2) is 0 Å². The molecule has 158 valence electrons. The van der Waals surface area contributed by atoms with E-state index in [0.717, 1.165) is 32.8 Å². The Balaban J connectivity index is 0.00000225. The van der Waals surface area contributed by atoms with Crippen molar-refractivity contribution < 1.29 is 4.74 Å². The largest absolute Gasteiger partial charge is 0.379 e. The average Bonchev–Trinajstić information content (AvgIpc) is 3.04. The van der Waals surface area contributed by atoms with E-state index in [1.165, 1.54) is 69.2 Å². The van der Waals surface area contributed by atoms with Crippen molar-refractivity contribution in [3.05, 3.63) is 35.4 Å². The molecule has 0 spiro atoms. The van der Waals surface area contributed by atoms with Crippen molar-refractivity contribution in [2.45, 2.75) is 70.1 Å². The number of benzene rings is 1. The zero-order valence-electron chi connectivity index (χ0n) is 17.2. The third kappa shape index (κ3) is 6.17.